The van der Waals surface area contributed by atoms with Gasteiger partial charge < -0.3 is 10.2 Å². The fourth-order valence-electron chi connectivity index (χ4n) is 1.34. The first-order chi connectivity index (χ1) is 7.97. The number of carbonyl (C=O) groups excluding carboxylic acids is 1. The number of halogens is 2. The minimum atomic E-state index is -1.55. The summed E-state index contributed by atoms with van der Waals surface area (Å²) in [5, 5.41) is 18.5. The summed E-state index contributed by atoms with van der Waals surface area (Å²) in [5.41, 5.74) is 1.05. The number of Topliss-reactive ketones (excluding diaryl/α,β-unsaturated/α-hetero) is 1. The summed E-state index contributed by atoms with van der Waals surface area (Å²) in [6.45, 7) is 0. The summed E-state index contributed by atoms with van der Waals surface area (Å²) in [6, 6.07) is 4.93. The van der Waals surface area contributed by atoms with E-state index in [4.69, 9.17) is 5.11 Å². The fourth-order valence-corrected chi connectivity index (χ4v) is 2.38. The van der Waals surface area contributed by atoms with Crippen LogP contribution in [0.2, 0.25) is 0 Å². The highest BCUT2D eigenvalue weighted by atomic mass is 127. The average Bonchev–Trinajstić information content (AvgIpc) is 2.30. The van der Waals surface area contributed by atoms with E-state index >= 15 is 0 Å². The summed E-state index contributed by atoms with van der Waals surface area (Å²) < 4.78 is 0.620. The molecule has 0 amide bonds. The molecular formula is C11H10BrIO4. The third-order valence-electron chi connectivity index (χ3n) is 2.17. The lowest BCUT2D eigenvalue weighted by molar-refractivity contribution is -0.147. The fraction of sp³-hybridized carbons (Fsp3) is 0.273. The summed E-state index contributed by atoms with van der Waals surface area (Å²) in [4.78, 5) is 22.0. The lowest BCUT2D eigenvalue weighted by Crippen LogP contribution is -2.14. The Bertz CT molecular complexity index is 447. The van der Waals surface area contributed by atoms with Crippen LogP contribution < -0.4 is 0 Å². The van der Waals surface area contributed by atoms with Crippen molar-refractivity contribution in [3.8, 4) is 0 Å². The molecule has 0 saturated carbocycles. The Balaban J connectivity index is 3.07. The van der Waals surface area contributed by atoms with Gasteiger partial charge in [0.05, 0.1) is 5.33 Å². The van der Waals surface area contributed by atoms with Gasteiger partial charge in [-0.1, -0.05) is 34.1 Å². The van der Waals surface area contributed by atoms with Crippen LogP contribution in [0.3, 0.4) is 0 Å². The number of hydrogen-bond donors (Lipinski definition) is 2. The van der Waals surface area contributed by atoms with Crippen molar-refractivity contribution in [2.75, 3.05) is 5.33 Å². The SMILES string of the molecule is O=C(CBr)Cc1cccc(C(O)C(=O)O)c1I. The van der Waals surface area contributed by atoms with E-state index in [9.17, 15) is 14.7 Å². The quantitative estimate of drug-likeness (QED) is 0.572. The number of aliphatic hydroxyl groups excluding tert-OH is 1. The van der Waals surface area contributed by atoms with Crippen molar-refractivity contribution in [1.29, 1.82) is 0 Å². The molecule has 0 saturated heterocycles. The van der Waals surface area contributed by atoms with Crippen molar-refractivity contribution >= 4 is 50.3 Å². The van der Waals surface area contributed by atoms with Gasteiger partial charge in [0.15, 0.2) is 6.10 Å². The second-order valence-corrected chi connectivity index (χ2v) is 5.05. The van der Waals surface area contributed by atoms with Crippen LogP contribution >= 0.6 is 38.5 Å². The molecule has 2 N–H and O–H groups in total. The zero-order chi connectivity index (χ0) is 13.0. The van der Waals surface area contributed by atoms with Crippen molar-refractivity contribution in [1.82, 2.24) is 0 Å². The van der Waals surface area contributed by atoms with Gasteiger partial charge in [-0.05, 0) is 28.2 Å². The maximum absolute atomic E-state index is 11.3. The zero-order valence-electron chi connectivity index (χ0n) is 8.69. The number of rotatable bonds is 5. The Hall–Kier alpha value is -0.470. The molecule has 0 aliphatic carbocycles. The van der Waals surface area contributed by atoms with Gasteiger partial charge in [0, 0.05) is 15.6 Å². The lowest BCUT2D eigenvalue weighted by atomic mass is 10.0. The van der Waals surface area contributed by atoms with Gasteiger partial charge in [0.2, 0.25) is 0 Å². The number of carboxylic acids is 1. The van der Waals surface area contributed by atoms with Crippen molar-refractivity contribution in [2.45, 2.75) is 12.5 Å². The molecule has 4 nitrogen and oxygen atoms in total. The van der Waals surface area contributed by atoms with Gasteiger partial charge in [0.1, 0.15) is 5.78 Å². The highest BCUT2D eigenvalue weighted by molar-refractivity contribution is 14.1. The largest absolute Gasteiger partial charge is 0.479 e. The molecule has 1 aromatic carbocycles. The Morgan fingerprint density at radius 1 is 1.41 bits per heavy atom. The predicted octanol–water partition coefficient (Wildman–Crippen LogP) is 1.92. The Kier molecular flexibility index (Phi) is 5.54. The summed E-state index contributed by atoms with van der Waals surface area (Å²) >= 11 is 5.02. The molecule has 0 spiro atoms. The minimum Gasteiger partial charge on any atom is -0.479 e. The Morgan fingerprint density at radius 2 is 2.06 bits per heavy atom. The Labute approximate surface area is 120 Å². The van der Waals surface area contributed by atoms with Crippen molar-refractivity contribution in [3.05, 3.63) is 32.9 Å². The maximum Gasteiger partial charge on any atom is 0.337 e. The van der Waals surface area contributed by atoms with Gasteiger partial charge in [-0.15, -0.1) is 0 Å². The predicted molar refractivity (Wildman–Crippen MR) is 74.3 cm³/mol. The van der Waals surface area contributed by atoms with E-state index in [0.717, 1.165) is 5.56 Å². The highest BCUT2D eigenvalue weighted by Crippen LogP contribution is 2.24. The molecule has 0 bridgehead atoms. The number of alkyl halides is 1. The number of benzene rings is 1. The van der Waals surface area contributed by atoms with Gasteiger partial charge in [-0.2, -0.15) is 0 Å². The summed E-state index contributed by atoms with van der Waals surface area (Å²) in [7, 11) is 0. The van der Waals surface area contributed by atoms with Crippen LogP contribution in [0.25, 0.3) is 0 Å². The van der Waals surface area contributed by atoms with Gasteiger partial charge in [0.25, 0.3) is 0 Å². The van der Waals surface area contributed by atoms with Crippen molar-refractivity contribution in [2.24, 2.45) is 0 Å². The number of carboxylic acid groups (broad SMARTS) is 1. The van der Waals surface area contributed by atoms with Crippen LogP contribution in [0, 0.1) is 3.57 Å². The van der Waals surface area contributed by atoms with Crippen LogP contribution in [0.5, 0.6) is 0 Å². The lowest BCUT2D eigenvalue weighted by Gasteiger charge is -2.11. The van der Waals surface area contributed by atoms with Gasteiger partial charge >= 0.3 is 5.97 Å². The monoisotopic (exact) mass is 412 g/mol. The maximum atomic E-state index is 11.3. The van der Waals surface area contributed by atoms with E-state index in [2.05, 4.69) is 15.9 Å². The molecule has 6 heteroatoms. The number of ketones is 1. The van der Waals surface area contributed by atoms with E-state index in [0.29, 0.717) is 9.13 Å². The van der Waals surface area contributed by atoms with Crippen LogP contribution in [-0.2, 0) is 16.0 Å². The van der Waals surface area contributed by atoms with Crippen LogP contribution in [-0.4, -0.2) is 27.3 Å². The topological polar surface area (TPSA) is 74.6 Å². The molecule has 1 aromatic rings. The molecule has 0 heterocycles. The first kappa shape index (κ1) is 14.6. The van der Waals surface area contributed by atoms with Crippen LogP contribution in [0.4, 0.5) is 0 Å². The molecule has 0 aliphatic rings. The van der Waals surface area contributed by atoms with E-state index in [1.54, 1.807) is 18.2 Å². The van der Waals surface area contributed by atoms with Crippen LogP contribution in [0.15, 0.2) is 18.2 Å². The Morgan fingerprint density at radius 3 is 2.59 bits per heavy atom. The molecule has 1 unspecified atom stereocenters. The summed E-state index contributed by atoms with van der Waals surface area (Å²) in [5.74, 6) is -1.29. The molecule has 17 heavy (non-hydrogen) atoms. The molecule has 1 rings (SSSR count). The first-order valence-corrected chi connectivity index (χ1v) is 6.93. The standard InChI is InChI=1S/C11H10BrIO4/c12-5-7(14)4-6-2-1-3-8(9(6)13)10(15)11(16)17/h1-3,10,15H,4-5H2,(H,16,17). The van der Waals surface area contributed by atoms with Crippen molar-refractivity contribution < 1.29 is 19.8 Å². The summed E-state index contributed by atoms with van der Waals surface area (Å²) in [6.07, 6.45) is -1.33. The molecule has 0 fully saturated rings. The number of aliphatic hydroxyl groups is 1. The average molecular weight is 413 g/mol. The zero-order valence-corrected chi connectivity index (χ0v) is 12.4. The number of aliphatic carboxylic acids is 1. The van der Waals surface area contributed by atoms with E-state index in [1.165, 1.54) is 0 Å². The molecule has 0 aliphatic heterocycles. The minimum absolute atomic E-state index is 0.00452. The molecular weight excluding hydrogens is 403 g/mol. The third kappa shape index (κ3) is 3.75. The van der Waals surface area contributed by atoms with Gasteiger partial charge in [-0.25, -0.2) is 4.79 Å². The first-order valence-electron chi connectivity index (χ1n) is 4.73. The second-order valence-electron chi connectivity index (χ2n) is 3.41. The van der Waals surface area contributed by atoms with E-state index in [-0.39, 0.29) is 17.5 Å². The molecule has 1 atom stereocenters. The third-order valence-corrected chi connectivity index (χ3v) is 4.11. The number of carbonyl (C=O) groups is 2. The van der Waals surface area contributed by atoms with Crippen molar-refractivity contribution in [3.63, 3.8) is 0 Å². The normalized spacial score (nSPS) is 12.2. The highest BCUT2D eigenvalue weighted by Gasteiger charge is 2.20. The second kappa shape index (κ2) is 6.46. The van der Waals surface area contributed by atoms with Crippen LogP contribution in [0.1, 0.15) is 17.2 Å². The smallest absolute Gasteiger partial charge is 0.337 e. The number of hydrogen-bond acceptors (Lipinski definition) is 3. The molecule has 0 aromatic heterocycles. The van der Waals surface area contributed by atoms with E-state index < -0.39 is 12.1 Å². The van der Waals surface area contributed by atoms with E-state index in [1.807, 2.05) is 22.6 Å². The van der Waals surface area contributed by atoms with Gasteiger partial charge in [-0.3, -0.25) is 4.79 Å². The molecule has 0 radical (unpaired) electrons. The molecule has 92 valence electrons.